The van der Waals surface area contributed by atoms with Crippen molar-refractivity contribution in [2.24, 2.45) is 0 Å². The molecule has 2 rings (SSSR count). The number of hydrogen-bond donors (Lipinski definition) is 0. The second kappa shape index (κ2) is 3.79. The number of aromatic nitrogens is 2. The van der Waals surface area contributed by atoms with Gasteiger partial charge in [0.2, 0.25) is 0 Å². The fourth-order valence-corrected chi connectivity index (χ4v) is 5.90. The third-order valence-corrected chi connectivity index (χ3v) is 6.14. The molecule has 1 aromatic rings. The summed E-state index contributed by atoms with van der Waals surface area (Å²) < 4.78 is 23.3. The SMILES string of the molecule is Cc1nnc(S[C@H]2CCS(=O)(=O)C2)s1. The second-order valence-electron chi connectivity index (χ2n) is 3.23. The van der Waals surface area contributed by atoms with Crippen LogP contribution in [0, 0.1) is 6.92 Å². The van der Waals surface area contributed by atoms with Crippen LogP contribution in [0.15, 0.2) is 4.34 Å². The molecule has 0 aromatic carbocycles. The summed E-state index contributed by atoms with van der Waals surface area (Å²) in [5.41, 5.74) is 0. The first kappa shape index (κ1) is 10.4. The zero-order valence-corrected chi connectivity index (χ0v) is 10.1. The average molecular weight is 250 g/mol. The van der Waals surface area contributed by atoms with E-state index < -0.39 is 9.84 Å². The Labute approximate surface area is 91.0 Å². The predicted octanol–water partition coefficient (Wildman–Crippen LogP) is 1.13. The van der Waals surface area contributed by atoms with Crippen molar-refractivity contribution in [3.63, 3.8) is 0 Å². The lowest BCUT2D eigenvalue weighted by Gasteiger charge is -2.01. The van der Waals surface area contributed by atoms with Crippen molar-refractivity contribution in [2.75, 3.05) is 11.5 Å². The minimum atomic E-state index is -2.77. The first-order valence-corrected chi connectivity index (χ1v) is 7.74. The van der Waals surface area contributed by atoms with Crippen LogP contribution in [0.1, 0.15) is 11.4 Å². The van der Waals surface area contributed by atoms with Crippen LogP contribution in [0.3, 0.4) is 0 Å². The number of sulfone groups is 1. The van der Waals surface area contributed by atoms with Crippen molar-refractivity contribution in [3.05, 3.63) is 5.01 Å². The van der Waals surface area contributed by atoms with Gasteiger partial charge in [-0.1, -0.05) is 23.1 Å². The maximum absolute atomic E-state index is 11.2. The van der Waals surface area contributed by atoms with E-state index in [9.17, 15) is 8.42 Å². The van der Waals surface area contributed by atoms with E-state index in [0.717, 1.165) is 15.8 Å². The molecular formula is C7H10N2O2S3. The van der Waals surface area contributed by atoms with Crippen LogP contribution < -0.4 is 0 Å². The van der Waals surface area contributed by atoms with E-state index in [1.807, 2.05) is 6.92 Å². The Morgan fingerprint density at radius 2 is 2.29 bits per heavy atom. The Bertz CT molecular complexity index is 426. The molecule has 0 unspecified atom stereocenters. The highest BCUT2D eigenvalue weighted by Gasteiger charge is 2.29. The minimum absolute atomic E-state index is 0.173. The van der Waals surface area contributed by atoms with E-state index in [2.05, 4.69) is 10.2 Å². The van der Waals surface area contributed by atoms with E-state index in [1.54, 1.807) is 11.8 Å². The molecule has 78 valence electrons. The molecule has 2 heterocycles. The highest BCUT2D eigenvalue weighted by atomic mass is 32.2. The smallest absolute Gasteiger partial charge is 0.174 e. The van der Waals surface area contributed by atoms with Crippen LogP contribution in [-0.4, -0.2) is 35.4 Å². The molecule has 7 heteroatoms. The Morgan fingerprint density at radius 3 is 2.79 bits per heavy atom. The fraction of sp³-hybridized carbons (Fsp3) is 0.714. The van der Waals surface area contributed by atoms with Gasteiger partial charge < -0.3 is 0 Å². The first-order valence-electron chi connectivity index (χ1n) is 4.22. The summed E-state index contributed by atoms with van der Waals surface area (Å²) in [7, 11) is -2.77. The zero-order valence-electron chi connectivity index (χ0n) is 7.63. The maximum atomic E-state index is 11.2. The topological polar surface area (TPSA) is 59.9 Å². The van der Waals surface area contributed by atoms with Gasteiger partial charge >= 0.3 is 0 Å². The van der Waals surface area contributed by atoms with Crippen LogP contribution in [0.4, 0.5) is 0 Å². The van der Waals surface area contributed by atoms with Gasteiger partial charge in [0.15, 0.2) is 14.2 Å². The minimum Gasteiger partial charge on any atom is -0.229 e. The Kier molecular flexibility index (Phi) is 2.81. The van der Waals surface area contributed by atoms with Gasteiger partial charge in [0, 0.05) is 5.25 Å². The average Bonchev–Trinajstić information content (AvgIpc) is 2.59. The van der Waals surface area contributed by atoms with Crippen molar-refractivity contribution in [1.82, 2.24) is 10.2 Å². The Hall–Kier alpha value is -0.140. The van der Waals surface area contributed by atoms with Gasteiger partial charge in [-0.15, -0.1) is 10.2 Å². The van der Waals surface area contributed by atoms with Crippen LogP contribution >= 0.6 is 23.1 Å². The molecule has 0 aliphatic carbocycles. The standard InChI is InChI=1S/C7H10N2O2S3/c1-5-8-9-7(12-5)13-6-2-3-14(10,11)4-6/h6H,2-4H2,1H3/t6-/m0/s1. The van der Waals surface area contributed by atoms with Crippen molar-refractivity contribution >= 4 is 32.9 Å². The predicted molar refractivity (Wildman–Crippen MR) is 57.6 cm³/mol. The van der Waals surface area contributed by atoms with Gasteiger partial charge in [-0.3, -0.25) is 0 Å². The molecule has 0 radical (unpaired) electrons. The summed E-state index contributed by atoms with van der Waals surface area (Å²) in [5, 5.41) is 8.95. The Morgan fingerprint density at radius 1 is 1.50 bits per heavy atom. The van der Waals surface area contributed by atoms with Crippen molar-refractivity contribution in [3.8, 4) is 0 Å². The van der Waals surface area contributed by atoms with Gasteiger partial charge in [0.1, 0.15) is 5.01 Å². The molecule has 0 bridgehead atoms. The molecular weight excluding hydrogens is 240 g/mol. The number of aryl methyl sites for hydroxylation is 1. The lowest BCUT2D eigenvalue weighted by molar-refractivity contribution is 0.602. The van der Waals surface area contributed by atoms with Gasteiger partial charge in [0.25, 0.3) is 0 Å². The number of rotatable bonds is 2. The summed E-state index contributed by atoms with van der Waals surface area (Å²) in [6.45, 7) is 1.90. The largest absolute Gasteiger partial charge is 0.229 e. The summed E-state index contributed by atoms with van der Waals surface area (Å²) in [6.07, 6.45) is 0.742. The van der Waals surface area contributed by atoms with Crippen molar-refractivity contribution in [2.45, 2.75) is 22.9 Å². The van der Waals surface area contributed by atoms with Crippen LogP contribution in [0.25, 0.3) is 0 Å². The van der Waals surface area contributed by atoms with Gasteiger partial charge in [-0.2, -0.15) is 0 Å². The lowest BCUT2D eigenvalue weighted by atomic mass is 10.4. The number of thioether (sulfide) groups is 1. The molecule has 1 fully saturated rings. The number of nitrogens with zero attached hydrogens (tertiary/aromatic N) is 2. The van der Waals surface area contributed by atoms with Crippen LogP contribution in [-0.2, 0) is 9.84 Å². The van der Waals surface area contributed by atoms with Gasteiger partial charge in [-0.05, 0) is 13.3 Å². The molecule has 1 aliphatic rings. The third-order valence-electron chi connectivity index (χ3n) is 1.97. The van der Waals surface area contributed by atoms with E-state index in [0.29, 0.717) is 5.75 Å². The van der Waals surface area contributed by atoms with E-state index >= 15 is 0 Å². The van der Waals surface area contributed by atoms with E-state index in [-0.39, 0.29) is 11.0 Å². The lowest BCUT2D eigenvalue weighted by Crippen LogP contribution is -2.05. The maximum Gasteiger partial charge on any atom is 0.174 e. The molecule has 14 heavy (non-hydrogen) atoms. The molecule has 1 aromatic heterocycles. The molecule has 1 saturated heterocycles. The molecule has 1 atom stereocenters. The van der Waals surface area contributed by atoms with Crippen molar-refractivity contribution in [1.29, 1.82) is 0 Å². The highest BCUT2D eigenvalue weighted by Crippen LogP contribution is 2.32. The van der Waals surface area contributed by atoms with Gasteiger partial charge in [0.05, 0.1) is 11.5 Å². The molecule has 1 aliphatic heterocycles. The van der Waals surface area contributed by atoms with Gasteiger partial charge in [-0.25, -0.2) is 8.42 Å². The summed E-state index contributed by atoms with van der Waals surface area (Å²) in [5.74, 6) is 0.610. The third kappa shape index (κ3) is 2.46. The summed E-state index contributed by atoms with van der Waals surface area (Å²) in [6, 6.07) is 0. The van der Waals surface area contributed by atoms with E-state index in [4.69, 9.17) is 0 Å². The van der Waals surface area contributed by atoms with E-state index in [1.165, 1.54) is 11.3 Å². The number of hydrogen-bond acceptors (Lipinski definition) is 6. The molecule has 0 spiro atoms. The monoisotopic (exact) mass is 250 g/mol. The summed E-state index contributed by atoms with van der Waals surface area (Å²) >= 11 is 3.06. The van der Waals surface area contributed by atoms with Crippen molar-refractivity contribution < 1.29 is 8.42 Å². The second-order valence-corrected chi connectivity index (χ2v) is 8.19. The Balaban J connectivity index is 2.00. The molecule has 0 amide bonds. The molecule has 0 saturated carbocycles. The normalized spacial score (nSPS) is 25.4. The van der Waals surface area contributed by atoms with Crippen LogP contribution in [0.5, 0.6) is 0 Å². The fourth-order valence-electron chi connectivity index (χ4n) is 1.32. The molecule has 4 nitrogen and oxygen atoms in total. The van der Waals surface area contributed by atoms with Crippen LogP contribution in [0.2, 0.25) is 0 Å². The highest BCUT2D eigenvalue weighted by molar-refractivity contribution is 8.03. The molecule has 0 N–H and O–H groups in total. The summed E-state index contributed by atoms with van der Waals surface area (Å²) in [4.78, 5) is 0. The zero-order chi connectivity index (χ0) is 10.2. The first-order chi connectivity index (χ1) is 6.55. The quantitative estimate of drug-likeness (QED) is 0.787.